The molecule has 0 aliphatic carbocycles. The Morgan fingerprint density at radius 1 is 1.35 bits per heavy atom. The molecule has 1 aliphatic heterocycles. The molecule has 0 radical (unpaired) electrons. The Hall–Kier alpha value is -1.46. The molecule has 1 aromatic heterocycles. The Labute approximate surface area is 119 Å². The van der Waals surface area contributed by atoms with Crippen LogP contribution >= 0.6 is 0 Å². The standard InChI is InChI=1S/C15H18N2O2S/c1-2-13-7-5-9-17(13)20(18,19)14-10-12-6-3-4-8-15(12)16-11-14/h3-4,6,8,10-11,13H,2,5,7,9H2,1H3. The number of nitrogens with zero attached hydrogens (tertiary/aromatic N) is 2. The van der Waals surface area contributed by atoms with Crippen molar-refractivity contribution in [3.05, 3.63) is 36.5 Å². The van der Waals surface area contributed by atoms with Crippen LogP contribution in [0.3, 0.4) is 0 Å². The summed E-state index contributed by atoms with van der Waals surface area (Å²) in [6.07, 6.45) is 4.23. The third kappa shape index (κ3) is 2.21. The Morgan fingerprint density at radius 2 is 2.15 bits per heavy atom. The lowest BCUT2D eigenvalue weighted by Crippen LogP contribution is -2.35. The highest BCUT2D eigenvalue weighted by molar-refractivity contribution is 7.89. The predicted octanol–water partition coefficient (Wildman–Crippen LogP) is 2.80. The zero-order valence-electron chi connectivity index (χ0n) is 11.5. The van der Waals surface area contributed by atoms with Crippen molar-refractivity contribution in [2.24, 2.45) is 0 Å². The van der Waals surface area contributed by atoms with Crippen molar-refractivity contribution in [1.29, 1.82) is 0 Å². The molecular weight excluding hydrogens is 272 g/mol. The summed E-state index contributed by atoms with van der Waals surface area (Å²) in [6, 6.07) is 9.43. The van der Waals surface area contributed by atoms with Gasteiger partial charge in [-0.05, 0) is 31.4 Å². The molecule has 0 spiro atoms. The number of fused-ring (bicyclic) bond motifs is 1. The Bertz CT molecular complexity index is 727. The summed E-state index contributed by atoms with van der Waals surface area (Å²) < 4.78 is 27.1. The summed E-state index contributed by atoms with van der Waals surface area (Å²) in [5.41, 5.74) is 0.819. The third-order valence-electron chi connectivity index (χ3n) is 3.97. The maximum atomic E-state index is 12.7. The fraction of sp³-hybridized carbons (Fsp3) is 0.400. The van der Waals surface area contributed by atoms with Gasteiger partial charge in [0.25, 0.3) is 0 Å². The molecule has 0 N–H and O–H groups in total. The first kappa shape index (κ1) is 13.5. The summed E-state index contributed by atoms with van der Waals surface area (Å²) in [5.74, 6) is 0. The zero-order valence-corrected chi connectivity index (χ0v) is 12.3. The minimum absolute atomic E-state index is 0.131. The predicted molar refractivity (Wildman–Crippen MR) is 78.9 cm³/mol. The number of rotatable bonds is 3. The monoisotopic (exact) mass is 290 g/mol. The van der Waals surface area contributed by atoms with Gasteiger partial charge in [-0.1, -0.05) is 25.1 Å². The lowest BCUT2D eigenvalue weighted by molar-refractivity contribution is 0.379. The molecule has 2 heterocycles. The highest BCUT2D eigenvalue weighted by atomic mass is 32.2. The normalized spacial score (nSPS) is 20.6. The van der Waals surface area contributed by atoms with Crippen molar-refractivity contribution >= 4 is 20.9 Å². The van der Waals surface area contributed by atoms with Gasteiger partial charge in [-0.15, -0.1) is 0 Å². The molecular formula is C15H18N2O2S. The quantitative estimate of drug-likeness (QED) is 0.873. The molecule has 1 atom stereocenters. The third-order valence-corrected chi connectivity index (χ3v) is 5.88. The summed E-state index contributed by atoms with van der Waals surface area (Å²) in [6.45, 7) is 2.66. The van der Waals surface area contributed by atoms with E-state index in [4.69, 9.17) is 0 Å². The fourth-order valence-corrected chi connectivity index (χ4v) is 4.61. The first-order chi connectivity index (χ1) is 9.63. The van der Waals surface area contributed by atoms with Gasteiger partial charge in [-0.2, -0.15) is 4.31 Å². The number of sulfonamides is 1. The second-order valence-corrected chi connectivity index (χ2v) is 7.07. The largest absolute Gasteiger partial charge is 0.255 e. The Balaban J connectivity index is 2.04. The molecule has 0 saturated carbocycles. The first-order valence-corrected chi connectivity index (χ1v) is 8.43. The molecule has 106 valence electrons. The van der Waals surface area contributed by atoms with E-state index in [9.17, 15) is 8.42 Å². The molecule has 0 amide bonds. The fourth-order valence-electron chi connectivity index (χ4n) is 2.86. The minimum atomic E-state index is -3.42. The lowest BCUT2D eigenvalue weighted by atomic mass is 10.2. The van der Waals surface area contributed by atoms with Crippen LogP contribution in [0.2, 0.25) is 0 Å². The maximum absolute atomic E-state index is 12.7. The van der Waals surface area contributed by atoms with Crippen LogP contribution in [-0.4, -0.2) is 30.3 Å². The van der Waals surface area contributed by atoms with E-state index in [0.717, 1.165) is 30.2 Å². The van der Waals surface area contributed by atoms with Gasteiger partial charge in [-0.25, -0.2) is 8.42 Å². The molecule has 2 aromatic rings. The van der Waals surface area contributed by atoms with Gasteiger partial charge in [0.15, 0.2) is 0 Å². The van der Waals surface area contributed by atoms with Crippen LogP contribution in [0.15, 0.2) is 41.4 Å². The van der Waals surface area contributed by atoms with Crippen molar-refractivity contribution < 1.29 is 8.42 Å². The summed E-state index contributed by atoms with van der Waals surface area (Å²) in [5, 5.41) is 0.862. The van der Waals surface area contributed by atoms with Crippen molar-refractivity contribution in [3.8, 4) is 0 Å². The van der Waals surface area contributed by atoms with Crippen LogP contribution in [0.5, 0.6) is 0 Å². The van der Waals surface area contributed by atoms with Gasteiger partial charge in [0, 0.05) is 24.2 Å². The van der Waals surface area contributed by atoms with E-state index in [1.807, 2.05) is 31.2 Å². The van der Waals surface area contributed by atoms with E-state index < -0.39 is 10.0 Å². The van der Waals surface area contributed by atoms with Crippen LogP contribution in [-0.2, 0) is 10.0 Å². The van der Waals surface area contributed by atoms with E-state index in [0.29, 0.717) is 11.4 Å². The van der Waals surface area contributed by atoms with Gasteiger partial charge in [-0.3, -0.25) is 4.98 Å². The molecule has 1 fully saturated rings. The van der Waals surface area contributed by atoms with Gasteiger partial charge in [0.1, 0.15) is 4.90 Å². The molecule has 4 nitrogen and oxygen atoms in total. The number of pyridine rings is 1. The van der Waals surface area contributed by atoms with E-state index in [2.05, 4.69) is 4.98 Å². The molecule has 0 bridgehead atoms. The molecule has 20 heavy (non-hydrogen) atoms. The number of benzene rings is 1. The van der Waals surface area contributed by atoms with Crippen molar-refractivity contribution in [2.75, 3.05) is 6.54 Å². The summed E-state index contributed by atoms with van der Waals surface area (Å²) >= 11 is 0. The van der Waals surface area contributed by atoms with E-state index in [1.165, 1.54) is 6.20 Å². The molecule has 1 aromatic carbocycles. The molecule has 5 heteroatoms. The molecule has 1 unspecified atom stereocenters. The Kier molecular flexibility index (Phi) is 3.48. The summed E-state index contributed by atoms with van der Waals surface area (Å²) in [7, 11) is -3.42. The van der Waals surface area contributed by atoms with Gasteiger partial charge >= 0.3 is 0 Å². The lowest BCUT2D eigenvalue weighted by Gasteiger charge is -2.22. The molecule has 1 saturated heterocycles. The molecule has 1 aliphatic rings. The number of hydrogen-bond acceptors (Lipinski definition) is 3. The van der Waals surface area contributed by atoms with Crippen LogP contribution in [0, 0.1) is 0 Å². The van der Waals surface area contributed by atoms with Gasteiger partial charge in [0.2, 0.25) is 10.0 Å². The van der Waals surface area contributed by atoms with E-state index in [1.54, 1.807) is 10.4 Å². The van der Waals surface area contributed by atoms with Crippen LogP contribution in [0.1, 0.15) is 26.2 Å². The first-order valence-electron chi connectivity index (χ1n) is 6.99. The average molecular weight is 290 g/mol. The Morgan fingerprint density at radius 3 is 2.95 bits per heavy atom. The number of hydrogen-bond donors (Lipinski definition) is 0. The highest BCUT2D eigenvalue weighted by Gasteiger charge is 2.34. The average Bonchev–Trinajstić information content (AvgIpc) is 2.96. The van der Waals surface area contributed by atoms with Gasteiger partial charge < -0.3 is 0 Å². The highest BCUT2D eigenvalue weighted by Crippen LogP contribution is 2.28. The van der Waals surface area contributed by atoms with Crippen molar-refractivity contribution in [3.63, 3.8) is 0 Å². The SMILES string of the molecule is CCC1CCCN1S(=O)(=O)c1cnc2ccccc2c1. The van der Waals surface area contributed by atoms with Crippen LogP contribution < -0.4 is 0 Å². The summed E-state index contributed by atoms with van der Waals surface area (Å²) in [4.78, 5) is 4.57. The number of para-hydroxylation sites is 1. The molecule has 3 rings (SSSR count). The van der Waals surface area contributed by atoms with Crippen LogP contribution in [0.4, 0.5) is 0 Å². The van der Waals surface area contributed by atoms with Crippen LogP contribution in [0.25, 0.3) is 10.9 Å². The maximum Gasteiger partial charge on any atom is 0.244 e. The second-order valence-electron chi connectivity index (χ2n) is 5.18. The van der Waals surface area contributed by atoms with E-state index >= 15 is 0 Å². The second kappa shape index (κ2) is 5.14. The van der Waals surface area contributed by atoms with E-state index in [-0.39, 0.29) is 6.04 Å². The topological polar surface area (TPSA) is 50.3 Å². The minimum Gasteiger partial charge on any atom is -0.255 e. The van der Waals surface area contributed by atoms with Crippen molar-refractivity contribution in [1.82, 2.24) is 9.29 Å². The van der Waals surface area contributed by atoms with Gasteiger partial charge in [0.05, 0.1) is 5.52 Å². The number of aromatic nitrogens is 1. The van der Waals surface area contributed by atoms with Crippen molar-refractivity contribution in [2.45, 2.75) is 37.1 Å². The zero-order chi connectivity index (χ0) is 14.2. The smallest absolute Gasteiger partial charge is 0.244 e.